The normalized spacial score (nSPS) is 12.1. The highest BCUT2D eigenvalue weighted by molar-refractivity contribution is 5.98. The lowest BCUT2D eigenvalue weighted by Gasteiger charge is -2.23. The summed E-state index contributed by atoms with van der Waals surface area (Å²) in [6.45, 7) is 10.2. The van der Waals surface area contributed by atoms with E-state index < -0.39 is 6.04 Å². The number of para-hydroxylation sites is 2. The van der Waals surface area contributed by atoms with E-state index in [9.17, 15) is 9.59 Å². The van der Waals surface area contributed by atoms with Crippen LogP contribution < -0.4 is 15.4 Å². The molecule has 0 bridgehead atoms. The van der Waals surface area contributed by atoms with Gasteiger partial charge in [0.2, 0.25) is 11.8 Å². The number of hydrogen-bond donors (Lipinski definition) is 2. The van der Waals surface area contributed by atoms with E-state index in [2.05, 4.69) is 10.6 Å². The summed E-state index contributed by atoms with van der Waals surface area (Å²) < 4.78 is 5.51. The summed E-state index contributed by atoms with van der Waals surface area (Å²) in [4.78, 5) is 24.5. The Kier molecular flexibility index (Phi) is 7.59. The summed E-state index contributed by atoms with van der Waals surface area (Å²) >= 11 is 0. The fourth-order valence-corrected chi connectivity index (χ4v) is 2.20. The molecule has 0 heterocycles. The van der Waals surface area contributed by atoms with Gasteiger partial charge in [0, 0.05) is 6.42 Å². The van der Waals surface area contributed by atoms with Crippen LogP contribution in [-0.4, -0.2) is 24.5 Å². The zero-order valence-corrected chi connectivity index (χ0v) is 14.7. The molecular weight excluding hydrogens is 292 g/mol. The van der Waals surface area contributed by atoms with E-state index in [1.807, 2.05) is 46.8 Å². The van der Waals surface area contributed by atoms with Gasteiger partial charge in [-0.15, -0.1) is 0 Å². The van der Waals surface area contributed by atoms with Gasteiger partial charge in [0.25, 0.3) is 0 Å². The number of nitrogens with one attached hydrogen (secondary N) is 2. The van der Waals surface area contributed by atoms with E-state index in [-0.39, 0.29) is 23.7 Å². The maximum absolute atomic E-state index is 12.6. The minimum absolute atomic E-state index is 0.00892. The Morgan fingerprint density at radius 1 is 1.13 bits per heavy atom. The lowest BCUT2D eigenvalue weighted by atomic mass is 10.0. The fourth-order valence-electron chi connectivity index (χ4n) is 2.20. The first kappa shape index (κ1) is 19.0. The Balaban J connectivity index is 2.81. The van der Waals surface area contributed by atoms with Gasteiger partial charge in [-0.3, -0.25) is 9.59 Å². The fraction of sp³-hybridized carbons (Fsp3) is 0.556. The molecule has 1 unspecified atom stereocenters. The lowest BCUT2D eigenvalue weighted by molar-refractivity contribution is -0.127. The van der Waals surface area contributed by atoms with Crippen molar-refractivity contribution in [2.75, 3.05) is 11.9 Å². The Labute approximate surface area is 138 Å². The van der Waals surface area contributed by atoms with Crippen molar-refractivity contribution in [2.45, 2.75) is 47.1 Å². The second-order valence-corrected chi connectivity index (χ2v) is 6.31. The molecule has 0 aliphatic carbocycles. The van der Waals surface area contributed by atoms with Crippen molar-refractivity contribution in [1.82, 2.24) is 5.32 Å². The molecule has 0 aliphatic rings. The minimum atomic E-state index is -0.573. The van der Waals surface area contributed by atoms with Crippen LogP contribution >= 0.6 is 0 Å². The Hall–Kier alpha value is -2.04. The van der Waals surface area contributed by atoms with Crippen LogP contribution in [0.2, 0.25) is 0 Å². The predicted molar refractivity (Wildman–Crippen MR) is 92.5 cm³/mol. The number of carbonyl (C=O) groups is 2. The summed E-state index contributed by atoms with van der Waals surface area (Å²) in [5.41, 5.74) is 0.614. The maximum atomic E-state index is 12.6. The molecule has 1 aromatic rings. The molecule has 0 saturated heterocycles. The van der Waals surface area contributed by atoms with Crippen LogP contribution in [0.1, 0.15) is 41.0 Å². The van der Waals surface area contributed by atoms with Crippen molar-refractivity contribution in [3.8, 4) is 5.75 Å². The van der Waals surface area contributed by atoms with Crippen molar-refractivity contribution < 1.29 is 14.3 Å². The monoisotopic (exact) mass is 320 g/mol. The highest BCUT2D eigenvalue weighted by Gasteiger charge is 2.25. The van der Waals surface area contributed by atoms with Gasteiger partial charge < -0.3 is 15.4 Å². The lowest BCUT2D eigenvalue weighted by Crippen LogP contribution is -2.47. The molecule has 0 spiro atoms. The number of carbonyl (C=O) groups excluding carboxylic acids is 2. The largest absolute Gasteiger partial charge is 0.492 e. The maximum Gasteiger partial charge on any atom is 0.247 e. The molecule has 1 rings (SSSR count). The zero-order valence-electron chi connectivity index (χ0n) is 14.7. The average Bonchev–Trinajstić information content (AvgIpc) is 2.46. The smallest absolute Gasteiger partial charge is 0.247 e. The molecule has 0 saturated carbocycles. The van der Waals surface area contributed by atoms with Gasteiger partial charge >= 0.3 is 0 Å². The number of ether oxygens (including phenoxy) is 1. The Morgan fingerprint density at radius 3 is 2.35 bits per heavy atom. The number of anilines is 1. The highest BCUT2D eigenvalue weighted by atomic mass is 16.5. The van der Waals surface area contributed by atoms with Crippen LogP contribution in [0.4, 0.5) is 5.69 Å². The van der Waals surface area contributed by atoms with Crippen molar-refractivity contribution in [1.29, 1.82) is 0 Å². The van der Waals surface area contributed by atoms with Crippen molar-refractivity contribution in [3.05, 3.63) is 24.3 Å². The van der Waals surface area contributed by atoms with Crippen LogP contribution in [0.25, 0.3) is 0 Å². The number of rotatable bonds is 8. The SMILES string of the molecule is CCOc1ccccc1NC(=O)C(NC(=O)CC(C)C)C(C)C. The van der Waals surface area contributed by atoms with Crippen LogP contribution in [0.5, 0.6) is 5.75 Å². The van der Waals surface area contributed by atoms with Crippen LogP contribution in [-0.2, 0) is 9.59 Å². The second-order valence-electron chi connectivity index (χ2n) is 6.31. The molecule has 2 N–H and O–H groups in total. The Morgan fingerprint density at radius 2 is 1.78 bits per heavy atom. The summed E-state index contributed by atoms with van der Waals surface area (Å²) in [7, 11) is 0. The van der Waals surface area contributed by atoms with Gasteiger partial charge in [0.15, 0.2) is 0 Å². The molecule has 0 aromatic heterocycles. The topological polar surface area (TPSA) is 67.4 Å². The van der Waals surface area contributed by atoms with Gasteiger partial charge in [-0.05, 0) is 30.9 Å². The predicted octanol–water partition coefficient (Wildman–Crippen LogP) is 3.21. The minimum Gasteiger partial charge on any atom is -0.492 e. The molecular formula is C18H28N2O3. The molecule has 1 atom stereocenters. The van der Waals surface area contributed by atoms with Crippen molar-refractivity contribution in [3.63, 3.8) is 0 Å². The zero-order chi connectivity index (χ0) is 17.4. The van der Waals surface area contributed by atoms with Gasteiger partial charge in [0.05, 0.1) is 12.3 Å². The van der Waals surface area contributed by atoms with E-state index in [1.54, 1.807) is 12.1 Å². The Bertz CT molecular complexity index is 527. The molecule has 128 valence electrons. The van der Waals surface area contributed by atoms with E-state index >= 15 is 0 Å². The van der Waals surface area contributed by atoms with Gasteiger partial charge in [-0.2, -0.15) is 0 Å². The van der Waals surface area contributed by atoms with Crippen LogP contribution in [0, 0.1) is 11.8 Å². The van der Waals surface area contributed by atoms with Gasteiger partial charge in [0.1, 0.15) is 11.8 Å². The molecule has 5 heteroatoms. The third-order valence-corrected chi connectivity index (χ3v) is 3.30. The van der Waals surface area contributed by atoms with Crippen LogP contribution in [0.3, 0.4) is 0 Å². The molecule has 0 radical (unpaired) electrons. The van der Waals surface area contributed by atoms with E-state index in [1.165, 1.54) is 0 Å². The quantitative estimate of drug-likeness (QED) is 0.773. The van der Waals surface area contributed by atoms with Gasteiger partial charge in [-0.25, -0.2) is 0 Å². The average molecular weight is 320 g/mol. The van der Waals surface area contributed by atoms with E-state index in [0.29, 0.717) is 24.5 Å². The summed E-state index contributed by atoms with van der Waals surface area (Å²) in [5.74, 6) is 0.533. The third-order valence-electron chi connectivity index (χ3n) is 3.30. The summed E-state index contributed by atoms with van der Waals surface area (Å²) in [5, 5.41) is 5.68. The van der Waals surface area contributed by atoms with Gasteiger partial charge in [-0.1, -0.05) is 39.8 Å². The number of benzene rings is 1. The second kappa shape index (κ2) is 9.18. The standard InChI is InChI=1S/C18H28N2O3/c1-6-23-15-10-8-7-9-14(15)19-18(22)17(13(4)5)20-16(21)11-12(2)3/h7-10,12-13,17H,6,11H2,1-5H3,(H,19,22)(H,20,21). The first-order valence-electron chi connectivity index (χ1n) is 8.17. The molecule has 5 nitrogen and oxygen atoms in total. The molecule has 23 heavy (non-hydrogen) atoms. The number of amides is 2. The molecule has 0 aliphatic heterocycles. The van der Waals surface area contributed by atoms with E-state index in [0.717, 1.165) is 0 Å². The van der Waals surface area contributed by atoms with Crippen molar-refractivity contribution >= 4 is 17.5 Å². The molecule has 0 fully saturated rings. The van der Waals surface area contributed by atoms with E-state index in [4.69, 9.17) is 4.74 Å². The van der Waals surface area contributed by atoms with Crippen molar-refractivity contribution in [2.24, 2.45) is 11.8 Å². The van der Waals surface area contributed by atoms with Crippen LogP contribution in [0.15, 0.2) is 24.3 Å². The number of hydrogen-bond acceptors (Lipinski definition) is 3. The third kappa shape index (κ3) is 6.30. The molecule has 2 amide bonds. The highest BCUT2D eigenvalue weighted by Crippen LogP contribution is 2.24. The summed E-state index contributed by atoms with van der Waals surface area (Å²) in [6.07, 6.45) is 0.409. The molecule has 1 aromatic carbocycles. The first-order chi connectivity index (χ1) is 10.8. The summed E-state index contributed by atoms with van der Waals surface area (Å²) in [6, 6.07) is 6.71. The first-order valence-corrected chi connectivity index (χ1v) is 8.17.